The highest BCUT2D eigenvalue weighted by Gasteiger charge is 2.35. The molecule has 2 atom stereocenters. The van der Waals surface area contributed by atoms with Gasteiger partial charge in [0, 0.05) is 22.5 Å². The fourth-order valence-electron chi connectivity index (χ4n) is 15.5. The summed E-state index contributed by atoms with van der Waals surface area (Å²) < 4.78 is 10.7. The lowest BCUT2D eigenvalue weighted by atomic mass is 10.0. The van der Waals surface area contributed by atoms with Crippen LogP contribution in [0.15, 0.2) is 240 Å². The third kappa shape index (κ3) is 16.4. The lowest BCUT2D eigenvalue weighted by Crippen LogP contribution is -2.40. The predicted molar refractivity (Wildman–Crippen MR) is 498 cm³/mol. The molecule has 0 bridgehead atoms. The van der Waals surface area contributed by atoms with Gasteiger partial charge in [0.2, 0.25) is 0 Å². The monoisotopic (exact) mass is 1710 g/mol. The summed E-state index contributed by atoms with van der Waals surface area (Å²) in [5.74, 6) is 3.65. The molecule has 10 aromatic heterocycles. The first-order valence-corrected chi connectivity index (χ1v) is 38.7. The summed E-state index contributed by atoms with van der Waals surface area (Å²) in [7, 11) is 0. The molecule has 0 fully saturated rings. The minimum atomic E-state index is -1.01. The van der Waals surface area contributed by atoms with Gasteiger partial charge in [-0.05, 0) is 135 Å². The van der Waals surface area contributed by atoms with E-state index in [9.17, 15) is 30.0 Å². The number of para-hydroxylation sites is 4. The summed E-state index contributed by atoms with van der Waals surface area (Å²) in [6, 6.07) is 53.4. The fraction of sp³-hybridized carbons (Fsp3) is 0.187. The van der Waals surface area contributed by atoms with Crippen molar-refractivity contribution < 1.29 is 20.4 Å². The van der Waals surface area contributed by atoms with Gasteiger partial charge in [-0.25, -0.2) is 79.8 Å². The molecule has 12 heterocycles. The number of amidine groups is 2. The van der Waals surface area contributed by atoms with E-state index in [1.54, 1.807) is 56.4 Å². The highest BCUT2D eigenvalue weighted by atomic mass is 32.1. The van der Waals surface area contributed by atoms with Crippen LogP contribution in [0.4, 0.5) is 46.0 Å². The second kappa shape index (κ2) is 37.1. The molecule has 0 spiro atoms. The van der Waals surface area contributed by atoms with Gasteiger partial charge in [0.1, 0.15) is 70.7 Å². The Labute approximate surface area is 729 Å². The Balaban J connectivity index is 0.000000142. The zero-order valence-corrected chi connectivity index (χ0v) is 68.3. The van der Waals surface area contributed by atoms with Gasteiger partial charge < -0.3 is 61.6 Å². The van der Waals surface area contributed by atoms with E-state index in [4.69, 9.17) is 42.9 Å². The highest BCUT2D eigenvalue weighted by molar-refractivity contribution is 7.59. The van der Waals surface area contributed by atoms with E-state index in [-0.39, 0.29) is 60.1 Å². The standard InChI is InChI=1S/2C22H21N7O2.2C22H19N7O.3CH4.H2S/c2*1-13-5-2-3-8-16(13)29-17(9-28-12-26-19-20(23)24-11-25-21(19)28)27-15-7-4-6-14(10-30)18(15)22(29)31;2*1-13-6-3-4-9-16(13)29-17(27-15-8-5-7-14(2)18(15)22(29)30)10-28-12-26-19-20(23)24-11-25-21(19)28;;;;/h2*2-8,11-12,22,30-31H,9-10H2,1H3,(H2,23,24,25);2*3-9,11-12H,10H2,1-2H3,(H2,23,24,25);3*1H4;1H2. The molecule has 12 N–H and O–H groups in total. The first kappa shape index (κ1) is 88.4. The lowest BCUT2D eigenvalue weighted by molar-refractivity contribution is 0.180. The molecule has 0 amide bonds. The topological polar surface area (TPSA) is 460 Å². The molecule has 0 saturated heterocycles. The van der Waals surface area contributed by atoms with Crippen LogP contribution < -0.4 is 43.9 Å². The number of aliphatic hydroxyl groups excluding tert-OH is 4. The van der Waals surface area contributed by atoms with Crippen molar-refractivity contribution in [2.75, 3.05) is 32.7 Å². The quantitative estimate of drug-likeness (QED) is 0.0501. The molecule has 2 aliphatic rings. The van der Waals surface area contributed by atoms with Crippen molar-refractivity contribution in [1.29, 1.82) is 0 Å². The Bertz CT molecular complexity index is 6890. The zero-order chi connectivity index (χ0) is 84.7. The van der Waals surface area contributed by atoms with Crippen LogP contribution in [-0.4, -0.2) is 129 Å². The van der Waals surface area contributed by atoms with Crippen LogP contribution in [-0.2, 0) is 39.4 Å². The number of nitrogens with two attached hydrogens (primary N) is 4. The molecule has 0 aliphatic carbocycles. The predicted octanol–water partition coefficient (Wildman–Crippen LogP) is 12.5. The summed E-state index contributed by atoms with van der Waals surface area (Å²) >= 11 is 0. The van der Waals surface area contributed by atoms with Crippen LogP contribution >= 0.6 is 13.5 Å². The summed E-state index contributed by atoms with van der Waals surface area (Å²) in [4.78, 5) is 101. The summed E-state index contributed by atoms with van der Waals surface area (Å²) in [5, 5.41) is 43.7. The normalized spacial score (nSPS) is 13.2. The van der Waals surface area contributed by atoms with E-state index < -0.39 is 12.5 Å². The maximum atomic E-state index is 13.6. The molecule has 0 radical (unpaired) electrons. The first-order valence-electron chi connectivity index (χ1n) is 38.7. The minimum Gasteiger partial charge on any atom is -0.392 e. The van der Waals surface area contributed by atoms with Crippen LogP contribution in [0.3, 0.4) is 0 Å². The average molecular weight is 1710 g/mol. The van der Waals surface area contributed by atoms with E-state index in [1.807, 2.05) is 218 Å². The zero-order valence-electron chi connectivity index (χ0n) is 67.3. The Hall–Kier alpha value is -15.4. The van der Waals surface area contributed by atoms with Crippen LogP contribution in [0.5, 0.6) is 0 Å². The third-order valence-electron chi connectivity index (χ3n) is 21.5. The third-order valence-corrected chi connectivity index (χ3v) is 21.5. The molecule has 2 unspecified atom stereocenters. The van der Waals surface area contributed by atoms with Crippen molar-refractivity contribution in [1.82, 2.24) is 97.2 Å². The highest BCUT2D eigenvalue weighted by Crippen LogP contribution is 2.43. The van der Waals surface area contributed by atoms with Crippen LogP contribution in [0.2, 0.25) is 0 Å². The van der Waals surface area contributed by atoms with Gasteiger partial charge in [0.15, 0.2) is 58.3 Å². The van der Waals surface area contributed by atoms with E-state index in [2.05, 4.69) is 59.8 Å². The van der Waals surface area contributed by atoms with E-state index in [0.29, 0.717) is 173 Å². The van der Waals surface area contributed by atoms with Crippen molar-refractivity contribution in [3.8, 4) is 11.4 Å². The summed E-state index contributed by atoms with van der Waals surface area (Å²) in [5.41, 5.74) is 42.0. The van der Waals surface area contributed by atoms with Gasteiger partial charge in [-0.1, -0.05) is 144 Å². The molecule has 20 rings (SSSR count). The SMILES string of the molecule is C.C.C.Cc1ccccc1-n1c(Cn2cnc3c(N)ncnc32)nc2cccc(C)c2c1=O.Cc1ccccc1-n1c(Cn2cnc3c(N)ncnc32)nc2cccc(C)c2c1=O.Cc1ccccc1N1C(Cn2cnc3c(N)ncnc32)=Nc2cccc(CO)c2C1O.Cc1ccccc1N1C(Cn2cnc3c(N)ncnc32)=Nc2cccc(CO)c2C1O.S. The minimum absolute atomic E-state index is 0. The van der Waals surface area contributed by atoms with E-state index >= 15 is 0 Å². The molecule has 8 aromatic carbocycles. The van der Waals surface area contributed by atoms with Gasteiger partial charge in [0.05, 0.1) is 109 Å². The van der Waals surface area contributed by atoms with Crippen LogP contribution in [0.25, 0.3) is 77.8 Å². The number of rotatable bonds is 14. The van der Waals surface area contributed by atoms with Gasteiger partial charge >= 0.3 is 0 Å². The van der Waals surface area contributed by atoms with Gasteiger partial charge in [0.25, 0.3) is 11.1 Å². The number of imidazole rings is 4. The molecular formula is C91H94N28O6S. The first-order chi connectivity index (χ1) is 59.2. The Morgan fingerprint density at radius 3 is 0.937 bits per heavy atom. The Kier molecular flexibility index (Phi) is 26.0. The second-order valence-electron chi connectivity index (χ2n) is 29.2. The Morgan fingerprint density at radius 1 is 0.341 bits per heavy atom. The smallest absolute Gasteiger partial charge is 0.266 e. The van der Waals surface area contributed by atoms with Gasteiger partial charge in [-0.2, -0.15) is 13.5 Å². The van der Waals surface area contributed by atoms with Crippen LogP contribution in [0, 0.1) is 41.5 Å². The molecular weight excluding hydrogens is 1610 g/mol. The number of aliphatic hydroxyl groups is 4. The molecule has 0 saturated carbocycles. The maximum absolute atomic E-state index is 13.6. The molecule has 35 heteroatoms. The fourth-order valence-corrected chi connectivity index (χ4v) is 15.5. The summed E-state index contributed by atoms with van der Waals surface area (Å²) in [6.45, 7) is 12.6. The average Bonchev–Trinajstić information content (AvgIpc) is 0.937. The van der Waals surface area contributed by atoms with Gasteiger partial charge in [-0.3, -0.25) is 28.5 Å². The number of hydrogen-bond donors (Lipinski definition) is 8. The number of anilines is 6. The number of aromatic nitrogens is 20. The Morgan fingerprint density at radius 2 is 0.627 bits per heavy atom. The van der Waals surface area contributed by atoms with E-state index in [0.717, 1.165) is 56.1 Å². The number of benzene rings is 8. The number of hydrogen-bond acceptors (Lipinski definition) is 28. The van der Waals surface area contributed by atoms with Crippen molar-refractivity contribution in [2.24, 2.45) is 9.98 Å². The molecule has 2 aliphatic heterocycles. The number of aliphatic imine (C=N–C) groups is 2. The van der Waals surface area contributed by atoms with Gasteiger partial charge in [-0.15, -0.1) is 0 Å². The number of nitrogens with zero attached hydrogens (tertiary/aromatic N) is 24. The number of nitrogen functional groups attached to an aromatic ring is 4. The molecule has 126 heavy (non-hydrogen) atoms. The van der Waals surface area contributed by atoms with E-state index in [1.165, 1.54) is 25.3 Å². The van der Waals surface area contributed by atoms with Crippen molar-refractivity contribution in [2.45, 2.75) is 116 Å². The lowest BCUT2D eigenvalue weighted by Gasteiger charge is -2.37. The summed E-state index contributed by atoms with van der Waals surface area (Å²) in [6.07, 6.45) is 10.1. The maximum Gasteiger partial charge on any atom is 0.266 e. The van der Waals surface area contributed by atoms with Crippen molar-refractivity contribution >= 4 is 138 Å². The second-order valence-corrected chi connectivity index (χ2v) is 29.2. The van der Waals surface area contributed by atoms with Crippen LogP contribution in [0.1, 0.15) is 102 Å². The molecule has 640 valence electrons. The largest absolute Gasteiger partial charge is 0.392 e. The number of fused-ring (bicyclic) bond motifs is 8. The number of aryl methyl sites for hydroxylation is 6. The van der Waals surface area contributed by atoms with Crippen molar-refractivity contribution in [3.63, 3.8) is 0 Å². The van der Waals surface area contributed by atoms with Crippen molar-refractivity contribution in [3.05, 3.63) is 308 Å². The molecule has 18 aromatic rings. The molecule has 34 nitrogen and oxygen atoms in total.